The van der Waals surface area contributed by atoms with Gasteiger partial charge in [-0.05, 0) is 32.1 Å². The number of allylic oxidation sites excluding steroid dienone is 1. The van der Waals surface area contributed by atoms with Gasteiger partial charge in [-0.25, -0.2) is 0 Å². The van der Waals surface area contributed by atoms with Crippen LogP contribution in [-0.2, 0) is 4.74 Å². The van der Waals surface area contributed by atoms with Crippen molar-refractivity contribution in [2.45, 2.75) is 56.6 Å². The average molecular weight is 195 g/mol. The van der Waals surface area contributed by atoms with E-state index in [0.29, 0.717) is 6.10 Å². The van der Waals surface area contributed by atoms with Crippen molar-refractivity contribution in [2.24, 2.45) is 5.73 Å². The van der Waals surface area contributed by atoms with E-state index in [1.54, 1.807) is 0 Å². The molecule has 0 saturated heterocycles. The van der Waals surface area contributed by atoms with Gasteiger partial charge >= 0.3 is 0 Å². The van der Waals surface area contributed by atoms with E-state index in [0.717, 1.165) is 25.9 Å². The van der Waals surface area contributed by atoms with E-state index >= 15 is 0 Å². The van der Waals surface area contributed by atoms with Gasteiger partial charge in [-0.1, -0.05) is 25.0 Å². The molecule has 0 spiro atoms. The third-order valence-corrected chi connectivity index (χ3v) is 3.41. The van der Waals surface area contributed by atoms with E-state index in [1.165, 1.54) is 25.7 Å². The molecule has 2 aliphatic carbocycles. The van der Waals surface area contributed by atoms with Gasteiger partial charge in [0, 0.05) is 5.54 Å². The lowest BCUT2D eigenvalue weighted by Crippen LogP contribution is -2.45. The summed E-state index contributed by atoms with van der Waals surface area (Å²) in [5.74, 6) is 0. The van der Waals surface area contributed by atoms with Gasteiger partial charge in [-0.15, -0.1) is 0 Å². The lowest BCUT2D eigenvalue weighted by atomic mass is 9.87. The van der Waals surface area contributed by atoms with Crippen molar-refractivity contribution in [1.29, 1.82) is 0 Å². The van der Waals surface area contributed by atoms with Crippen molar-refractivity contribution in [3.63, 3.8) is 0 Å². The minimum atomic E-state index is -0.0721. The Kier molecular flexibility index (Phi) is 3.24. The van der Waals surface area contributed by atoms with E-state index in [4.69, 9.17) is 10.5 Å². The van der Waals surface area contributed by atoms with Gasteiger partial charge in [0.15, 0.2) is 0 Å². The molecule has 1 unspecified atom stereocenters. The van der Waals surface area contributed by atoms with Crippen LogP contribution in [0.3, 0.4) is 0 Å². The smallest absolute Gasteiger partial charge is 0.0653 e. The van der Waals surface area contributed by atoms with Crippen LogP contribution in [0.25, 0.3) is 0 Å². The first-order valence-electron chi connectivity index (χ1n) is 5.84. The molecule has 1 fully saturated rings. The summed E-state index contributed by atoms with van der Waals surface area (Å²) in [7, 11) is 0. The van der Waals surface area contributed by atoms with Crippen LogP contribution in [0.4, 0.5) is 0 Å². The van der Waals surface area contributed by atoms with Crippen molar-refractivity contribution in [3.05, 3.63) is 12.2 Å². The van der Waals surface area contributed by atoms with Gasteiger partial charge in [0.1, 0.15) is 0 Å². The van der Waals surface area contributed by atoms with E-state index < -0.39 is 0 Å². The van der Waals surface area contributed by atoms with Gasteiger partial charge in [0.2, 0.25) is 0 Å². The maximum Gasteiger partial charge on any atom is 0.0653 e. The molecule has 2 nitrogen and oxygen atoms in total. The fourth-order valence-corrected chi connectivity index (χ4v) is 2.38. The zero-order chi connectivity index (χ0) is 9.86. The van der Waals surface area contributed by atoms with Crippen molar-refractivity contribution in [2.75, 3.05) is 6.61 Å². The van der Waals surface area contributed by atoms with Gasteiger partial charge in [-0.3, -0.25) is 0 Å². The second-order valence-electron chi connectivity index (χ2n) is 4.79. The van der Waals surface area contributed by atoms with Gasteiger partial charge < -0.3 is 10.5 Å². The van der Waals surface area contributed by atoms with Crippen LogP contribution in [0.1, 0.15) is 44.9 Å². The molecule has 2 heteroatoms. The average Bonchev–Trinajstić information content (AvgIpc) is 2.69. The maximum absolute atomic E-state index is 6.26. The highest BCUT2D eigenvalue weighted by Crippen LogP contribution is 2.25. The minimum Gasteiger partial charge on any atom is -0.376 e. The largest absolute Gasteiger partial charge is 0.376 e. The second kappa shape index (κ2) is 4.45. The Hall–Kier alpha value is -0.340. The van der Waals surface area contributed by atoms with Crippen LogP contribution in [-0.4, -0.2) is 18.2 Å². The Morgan fingerprint density at radius 3 is 2.71 bits per heavy atom. The Morgan fingerprint density at radius 2 is 2.07 bits per heavy atom. The van der Waals surface area contributed by atoms with Gasteiger partial charge in [0.25, 0.3) is 0 Å². The summed E-state index contributed by atoms with van der Waals surface area (Å²) in [6, 6.07) is 0. The molecular formula is C12H21NO. The highest BCUT2D eigenvalue weighted by atomic mass is 16.5. The monoisotopic (exact) mass is 195 g/mol. The van der Waals surface area contributed by atoms with Crippen LogP contribution in [0.2, 0.25) is 0 Å². The molecule has 0 bridgehead atoms. The normalized spacial score (nSPS) is 33.8. The zero-order valence-corrected chi connectivity index (χ0v) is 8.87. The fourth-order valence-electron chi connectivity index (χ4n) is 2.38. The third-order valence-electron chi connectivity index (χ3n) is 3.41. The second-order valence-corrected chi connectivity index (χ2v) is 4.79. The fraction of sp³-hybridized carbons (Fsp3) is 0.833. The van der Waals surface area contributed by atoms with E-state index in [1.807, 2.05) is 0 Å². The number of hydrogen-bond donors (Lipinski definition) is 1. The van der Waals surface area contributed by atoms with Crippen LogP contribution in [0.5, 0.6) is 0 Å². The Bertz CT molecular complexity index is 208. The van der Waals surface area contributed by atoms with Crippen LogP contribution >= 0.6 is 0 Å². The van der Waals surface area contributed by atoms with Crippen LogP contribution in [0.15, 0.2) is 12.2 Å². The molecule has 2 aliphatic rings. The molecule has 14 heavy (non-hydrogen) atoms. The first-order chi connectivity index (χ1) is 6.79. The standard InChI is InChI=1S/C12H21NO/c13-12(8-4-1-5-9-12)10-14-11-6-2-3-7-11/h1,4,11H,2-3,5-10,13H2. The first kappa shape index (κ1) is 10.2. The Labute approximate surface area is 86.5 Å². The van der Waals surface area contributed by atoms with Crippen molar-refractivity contribution in [1.82, 2.24) is 0 Å². The predicted molar refractivity (Wildman–Crippen MR) is 58.1 cm³/mol. The number of nitrogens with two attached hydrogens (primary N) is 1. The maximum atomic E-state index is 6.26. The molecule has 2 rings (SSSR count). The Morgan fingerprint density at radius 1 is 1.29 bits per heavy atom. The summed E-state index contributed by atoms with van der Waals surface area (Å²) >= 11 is 0. The summed E-state index contributed by atoms with van der Waals surface area (Å²) in [5, 5.41) is 0. The lowest BCUT2D eigenvalue weighted by Gasteiger charge is -2.31. The zero-order valence-electron chi connectivity index (χ0n) is 8.87. The third kappa shape index (κ3) is 2.58. The topological polar surface area (TPSA) is 35.2 Å². The van der Waals surface area contributed by atoms with Gasteiger partial charge in [0.05, 0.1) is 12.7 Å². The lowest BCUT2D eigenvalue weighted by molar-refractivity contribution is 0.0211. The highest BCUT2D eigenvalue weighted by molar-refractivity contribution is 5.01. The quantitative estimate of drug-likeness (QED) is 0.702. The Balaban J connectivity index is 1.75. The molecule has 0 aromatic rings. The first-order valence-corrected chi connectivity index (χ1v) is 5.84. The van der Waals surface area contributed by atoms with Crippen molar-refractivity contribution >= 4 is 0 Å². The van der Waals surface area contributed by atoms with E-state index in [-0.39, 0.29) is 5.54 Å². The molecule has 1 atom stereocenters. The summed E-state index contributed by atoms with van der Waals surface area (Å²) < 4.78 is 5.89. The number of ether oxygens (including phenoxy) is 1. The van der Waals surface area contributed by atoms with E-state index in [2.05, 4.69) is 12.2 Å². The van der Waals surface area contributed by atoms with Crippen LogP contribution < -0.4 is 5.73 Å². The SMILES string of the molecule is NC1(COC2CCCC2)CC=CCC1. The number of rotatable bonds is 3. The molecule has 0 aromatic carbocycles. The molecule has 0 aliphatic heterocycles. The summed E-state index contributed by atoms with van der Waals surface area (Å²) in [6.07, 6.45) is 13.3. The molecule has 1 saturated carbocycles. The molecule has 80 valence electrons. The molecule has 0 aromatic heterocycles. The molecule has 0 radical (unpaired) electrons. The van der Waals surface area contributed by atoms with Gasteiger partial charge in [-0.2, -0.15) is 0 Å². The van der Waals surface area contributed by atoms with Crippen molar-refractivity contribution < 1.29 is 4.74 Å². The summed E-state index contributed by atoms with van der Waals surface area (Å²) in [6.45, 7) is 0.752. The summed E-state index contributed by atoms with van der Waals surface area (Å²) in [5.41, 5.74) is 6.19. The molecule has 2 N–H and O–H groups in total. The molecular weight excluding hydrogens is 174 g/mol. The van der Waals surface area contributed by atoms with E-state index in [9.17, 15) is 0 Å². The minimum absolute atomic E-state index is 0.0721. The summed E-state index contributed by atoms with van der Waals surface area (Å²) in [4.78, 5) is 0. The van der Waals surface area contributed by atoms with Crippen LogP contribution in [0, 0.1) is 0 Å². The molecule has 0 amide bonds. The number of hydrogen-bond acceptors (Lipinski definition) is 2. The predicted octanol–water partition coefficient (Wildman–Crippen LogP) is 2.38. The van der Waals surface area contributed by atoms with Crippen molar-refractivity contribution in [3.8, 4) is 0 Å². The highest BCUT2D eigenvalue weighted by Gasteiger charge is 2.27. The molecule has 0 heterocycles.